The molecule has 0 spiro atoms. The predicted octanol–water partition coefficient (Wildman–Crippen LogP) is 5.24. The van der Waals surface area contributed by atoms with Crippen molar-refractivity contribution in [3.63, 3.8) is 0 Å². The van der Waals surface area contributed by atoms with E-state index in [-0.39, 0.29) is 22.3 Å². The highest BCUT2D eigenvalue weighted by atomic mass is 35.5. The van der Waals surface area contributed by atoms with E-state index in [1.807, 2.05) is 13.8 Å². The van der Waals surface area contributed by atoms with Gasteiger partial charge < -0.3 is 9.67 Å². The van der Waals surface area contributed by atoms with Gasteiger partial charge in [0, 0.05) is 11.7 Å². The van der Waals surface area contributed by atoms with Crippen molar-refractivity contribution in [2.24, 2.45) is 0 Å². The normalized spacial score (nSPS) is 11.3. The van der Waals surface area contributed by atoms with Gasteiger partial charge in [0.05, 0.1) is 25.8 Å². The number of carbonyl (C=O) groups excluding carboxylic acids is 1. The zero-order valence-corrected chi connectivity index (χ0v) is 16.5. The van der Waals surface area contributed by atoms with Gasteiger partial charge in [-0.05, 0) is 39.0 Å². The van der Waals surface area contributed by atoms with Crippen LogP contribution in [-0.2, 0) is 0 Å². The number of fused-ring (bicyclic) bond motifs is 1. The van der Waals surface area contributed by atoms with Crippen LogP contribution in [0.25, 0.3) is 10.2 Å². The Hall–Kier alpha value is -2.09. The van der Waals surface area contributed by atoms with Crippen molar-refractivity contribution in [2.45, 2.75) is 26.8 Å². The number of nitrogens with one attached hydrogen (secondary N) is 1. The minimum atomic E-state index is -1.02. The molecule has 2 N–H and O–H groups in total. The van der Waals surface area contributed by atoms with Gasteiger partial charge in [-0.15, -0.1) is 0 Å². The van der Waals surface area contributed by atoms with Gasteiger partial charge in [-0.1, -0.05) is 34.5 Å². The number of benzene rings is 1. The topological polar surface area (TPSA) is 84.2 Å². The third-order valence-electron chi connectivity index (χ3n) is 3.91. The lowest BCUT2D eigenvalue weighted by molar-refractivity contribution is 0.0697. The van der Waals surface area contributed by atoms with E-state index in [1.54, 1.807) is 17.6 Å². The Morgan fingerprint density at radius 2 is 1.96 bits per heavy atom. The largest absolute Gasteiger partial charge is 0.478 e. The number of hydrogen-bond donors (Lipinski definition) is 2. The minimum absolute atomic E-state index is 0.00533. The fourth-order valence-electron chi connectivity index (χ4n) is 2.76. The van der Waals surface area contributed by atoms with Crippen molar-refractivity contribution in [1.82, 2.24) is 9.55 Å². The molecule has 2 heterocycles. The van der Waals surface area contributed by atoms with Crippen LogP contribution in [0.5, 0.6) is 0 Å². The summed E-state index contributed by atoms with van der Waals surface area (Å²) in [6.07, 6.45) is 0. The summed E-state index contributed by atoms with van der Waals surface area (Å²) in [6, 6.07) is 4.60. The Balaban J connectivity index is 1.97. The summed E-state index contributed by atoms with van der Waals surface area (Å²) in [5.41, 5.74) is 1.76. The maximum absolute atomic E-state index is 12.8. The molecule has 0 saturated carbocycles. The fourth-order valence-corrected chi connectivity index (χ4v) is 4.16. The molecule has 0 aliphatic rings. The monoisotopic (exact) mass is 411 g/mol. The Kier molecular flexibility index (Phi) is 4.96. The second-order valence-corrected chi connectivity index (χ2v) is 7.77. The van der Waals surface area contributed by atoms with Gasteiger partial charge in [0.2, 0.25) is 0 Å². The highest BCUT2D eigenvalue weighted by molar-refractivity contribution is 7.22. The number of nitrogens with zero attached hydrogens (tertiary/aromatic N) is 2. The van der Waals surface area contributed by atoms with Crippen LogP contribution in [0.2, 0.25) is 10.0 Å². The van der Waals surface area contributed by atoms with Crippen molar-refractivity contribution in [1.29, 1.82) is 0 Å². The van der Waals surface area contributed by atoms with Gasteiger partial charge in [0.15, 0.2) is 5.13 Å². The van der Waals surface area contributed by atoms with Gasteiger partial charge >= 0.3 is 5.97 Å². The molecule has 2 aromatic heterocycles. The van der Waals surface area contributed by atoms with Crippen LogP contribution in [0, 0.1) is 6.92 Å². The summed E-state index contributed by atoms with van der Waals surface area (Å²) >= 11 is 13.7. The van der Waals surface area contributed by atoms with Crippen LogP contribution in [-0.4, -0.2) is 26.5 Å². The van der Waals surface area contributed by atoms with Gasteiger partial charge in [-0.25, -0.2) is 9.78 Å². The Morgan fingerprint density at radius 3 is 2.58 bits per heavy atom. The van der Waals surface area contributed by atoms with E-state index in [9.17, 15) is 9.59 Å². The molecule has 0 aliphatic heterocycles. The van der Waals surface area contributed by atoms with Crippen LogP contribution in [0.1, 0.15) is 46.4 Å². The van der Waals surface area contributed by atoms with Crippen molar-refractivity contribution in [3.8, 4) is 0 Å². The number of anilines is 1. The summed E-state index contributed by atoms with van der Waals surface area (Å²) in [6.45, 7) is 5.67. The van der Waals surface area contributed by atoms with Crippen LogP contribution in [0.3, 0.4) is 0 Å². The Bertz CT molecular complexity index is 1040. The van der Waals surface area contributed by atoms with Gasteiger partial charge in [-0.2, -0.15) is 0 Å². The van der Waals surface area contributed by atoms with Crippen molar-refractivity contribution < 1.29 is 14.7 Å². The maximum Gasteiger partial charge on any atom is 0.335 e. The third kappa shape index (κ3) is 3.18. The van der Waals surface area contributed by atoms with Crippen LogP contribution < -0.4 is 5.32 Å². The standard InChI is InChI=1S/C17H15Cl2N3O3S/c1-7(2)22-8(3)12(18)13(19)14(22)15(23)21-17-20-10-5-4-9(16(24)25)6-11(10)26-17/h4-7H,1-3H3,(H,24,25)(H,20,21,23). The molecule has 0 aliphatic carbocycles. The first-order valence-electron chi connectivity index (χ1n) is 7.71. The highest BCUT2D eigenvalue weighted by Crippen LogP contribution is 2.35. The first-order chi connectivity index (χ1) is 12.2. The summed E-state index contributed by atoms with van der Waals surface area (Å²) in [5.74, 6) is -1.44. The summed E-state index contributed by atoms with van der Waals surface area (Å²) in [7, 11) is 0. The number of carboxylic acids is 1. The van der Waals surface area contributed by atoms with Crippen LogP contribution in [0.4, 0.5) is 5.13 Å². The maximum atomic E-state index is 12.8. The van der Waals surface area contributed by atoms with Crippen molar-refractivity contribution >= 4 is 61.8 Å². The molecule has 1 amide bonds. The van der Waals surface area contributed by atoms with Gasteiger partial charge in [0.25, 0.3) is 5.91 Å². The molecule has 0 atom stereocenters. The molecule has 0 radical (unpaired) electrons. The number of aromatic carboxylic acids is 1. The second kappa shape index (κ2) is 6.90. The third-order valence-corrected chi connectivity index (χ3v) is 5.77. The zero-order chi connectivity index (χ0) is 19.2. The van der Waals surface area contributed by atoms with Gasteiger partial charge in [0.1, 0.15) is 5.69 Å². The molecule has 0 bridgehead atoms. The Morgan fingerprint density at radius 1 is 1.27 bits per heavy atom. The quantitative estimate of drug-likeness (QED) is 0.614. The molecule has 3 aromatic rings. The van der Waals surface area contributed by atoms with Crippen LogP contribution in [0.15, 0.2) is 18.2 Å². The molecule has 9 heteroatoms. The molecule has 1 aromatic carbocycles. The number of amides is 1. The smallest absolute Gasteiger partial charge is 0.335 e. The first kappa shape index (κ1) is 18.7. The molecule has 0 saturated heterocycles. The second-order valence-electron chi connectivity index (χ2n) is 5.99. The number of aromatic nitrogens is 2. The summed E-state index contributed by atoms with van der Waals surface area (Å²) < 4.78 is 2.44. The van der Waals surface area contributed by atoms with Crippen molar-refractivity contribution in [3.05, 3.63) is 45.2 Å². The number of thiazole rings is 1. The average molecular weight is 412 g/mol. The molecule has 6 nitrogen and oxygen atoms in total. The summed E-state index contributed by atoms with van der Waals surface area (Å²) in [4.78, 5) is 28.2. The first-order valence-corrected chi connectivity index (χ1v) is 9.29. The van der Waals surface area contributed by atoms with E-state index in [0.29, 0.717) is 26.1 Å². The lowest BCUT2D eigenvalue weighted by atomic mass is 10.2. The van der Waals surface area contributed by atoms with E-state index in [0.717, 1.165) is 0 Å². The van der Waals surface area contributed by atoms with E-state index in [2.05, 4.69) is 10.3 Å². The predicted molar refractivity (Wildman–Crippen MR) is 104 cm³/mol. The Labute approximate surface area is 163 Å². The van der Waals surface area contributed by atoms with E-state index >= 15 is 0 Å². The highest BCUT2D eigenvalue weighted by Gasteiger charge is 2.25. The number of halogens is 2. The van der Waals surface area contributed by atoms with Gasteiger partial charge in [-0.3, -0.25) is 10.1 Å². The van der Waals surface area contributed by atoms with E-state index < -0.39 is 11.9 Å². The molecular weight excluding hydrogens is 397 g/mol. The number of carbonyl (C=O) groups is 2. The molecule has 3 rings (SSSR count). The number of hydrogen-bond acceptors (Lipinski definition) is 4. The SMILES string of the molecule is Cc1c(Cl)c(Cl)c(C(=O)Nc2nc3ccc(C(=O)O)cc3s2)n1C(C)C. The molecular formula is C17H15Cl2N3O3S. The minimum Gasteiger partial charge on any atom is -0.478 e. The number of rotatable bonds is 4. The van der Waals surface area contributed by atoms with E-state index in [1.165, 1.54) is 23.5 Å². The average Bonchev–Trinajstić information content (AvgIpc) is 3.07. The zero-order valence-electron chi connectivity index (χ0n) is 14.1. The van der Waals surface area contributed by atoms with Crippen molar-refractivity contribution in [2.75, 3.05) is 5.32 Å². The summed E-state index contributed by atoms with van der Waals surface area (Å²) in [5, 5.41) is 12.7. The molecule has 26 heavy (non-hydrogen) atoms. The lowest BCUT2D eigenvalue weighted by Crippen LogP contribution is -2.19. The molecule has 0 unspecified atom stereocenters. The molecule has 136 valence electrons. The molecule has 0 fully saturated rings. The van der Waals surface area contributed by atoms with E-state index in [4.69, 9.17) is 28.3 Å². The lowest BCUT2D eigenvalue weighted by Gasteiger charge is -2.14. The number of carboxylic acid groups (broad SMARTS) is 1. The van der Waals surface area contributed by atoms with Crippen LogP contribution >= 0.6 is 34.5 Å². The fraction of sp³-hybridized carbons (Fsp3) is 0.235.